The molecule has 0 spiro atoms. The summed E-state index contributed by atoms with van der Waals surface area (Å²) in [6, 6.07) is 0. The molecule has 0 radical (unpaired) electrons. The highest BCUT2D eigenvalue weighted by molar-refractivity contribution is 7.81. The van der Waals surface area contributed by atoms with Crippen molar-refractivity contribution < 1.29 is 9.90 Å². The van der Waals surface area contributed by atoms with Gasteiger partial charge in [-0.05, 0) is 31.6 Å². The van der Waals surface area contributed by atoms with Gasteiger partial charge in [-0.2, -0.15) is 12.6 Å². The van der Waals surface area contributed by atoms with Gasteiger partial charge in [-0.1, -0.05) is 0 Å². The van der Waals surface area contributed by atoms with Gasteiger partial charge in [0.2, 0.25) is 5.91 Å². The molecule has 0 aromatic heterocycles. The molecule has 1 fully saturated rings. The number of aliphatic hydroxyl groups is 1. The summed E-state index contributed by atoms with van der Waals surface area (Å²) in [6.45, 7) is 0.742. The third kappa shape index (κ3) is 4.00. The first-order valence-electron chi connectivity index (χ1n) is 4.78. The fourth-order valence-electron chi connectivity index (χ4n) is 1.66. The van der Waals surface area contributed by atoms with E-state index < -0.39 is 0 Å². The Morgan fingerprint density at radius 1 is 1.38 bits per heavy atom. The Bertz CT molecular complexity index is 167. The van der Waals surface area contributed by atoms with Gasteiger partial charge in [0.25, 0.3) is 0 Å². The van der Waals surface area contributed by atoms with Crippen molar-refractivity contribution in [1.29, 1.82) is 0 Å². The molecular weight excluding hydrogens is 186 g/mol. The van der Waals surface area contributed by atoms with Crippen LogP contribution in [0.4, 0.5) is 0 Å². The van der Waals surface area contributed by atoms with E-state index in [2.05, 4.69) is 17.9 Å². The molecule has 0 aliphatic heterocycles. The van der Waals surface area contributed by atoms with E-state index in [1.165, 1.54) is 0 Å². The van der Waals surface area contributed by atoms with Crippen LogP contribution in [0, 0.1) is 5.92 Å². The maximum Gasteiger partial charge on any atom is 0.229 e. The van der Waals surface area contributed by atoms with Gasteiger partial charge < -0.3 is 10.4 Å². The zero-order valence-corrected chi connectivity index (χ0v) is 8.59. The lowest BCUT2D eigenvalue weighted by Crippen LogP contribution is -2.32. The number of amides is 1. The molecule has 0 aromatic rings. The van der Waals surface area contributed by atoms with Gasteiger partial charge in [-0.3, -0.25) is 4.79 Å². The SMILES string of the molecule is O=C(CS)NCC1CCC(O)CC1. The lowest BCUT2D eigenvalue weighted by molar-refractivity contribution is -0.118. The van der Waals surface area contributed by atoms with Gasteiger partial charge in [0.15, 0.2) is 0 Å². The predicted octanol–water partition coefficient (Wildman–Crippen LogP) is 0.583. The first-order valence-corrected chi connectivity index (χ1v) is 5.41. The maximum absolute atomic E-state index is 10.9. The summed E-state index contributed by atoms with van der Waals surface area (Å²) in [5.41, 5.74) is 0. The molecule has 3 nitrogen and oxygen atoms in total. The van der Waals surface area contributed by atoms with Crippen LogP contribution in [0.1, 0.15) is 25.7 Å². The van der Waals surface area contributed by atoms with Crippen LogP contribution in [0.2, 0.25) is 0 Å². The summed E-state index contributed by atoms with van der Waals surface area (Å²) in [4.78, 5) is 10.9. The predicted molar refractivity (Wildman–Crippen MR) is 54.8 cm³/mol. The number of hydrogen-bond acceptors (Lipinski definition) is 3. The molecule has 4 heteroatoms. The second-order valence-corrected chi connectivity index (χ2v) is 3.95. The molecule has 0 atom stereocenters. The molecule has 1 aliphatic rings. The smallest absolute Gasteiger partial charge is 0.229 e. The highest BCUT2D eigenvalue weighted by Gasteiger charge is 2.19. The van der Waals surface area contributed by atoms with Crippen molar-refractivity contribution in [3.8, 4) is 0 Å². The van der Waals surface area contributed by atoms with E-state index in [4.69, 9.17) is 0 Å². The summed E-state index contributed by atoms with van der Waals surface area (Å²) in [7, 11) is 0. The number of hydrogen-bond donors (Lipinski definition) is 3. The minimum atomic E-state index is -0.114. The van der Waals surface area contributed by atoms with Crippen molar-refractivity contribution in [3.63, 3.8) is 0 Å². The van der Waals surface area contributed by atoms with Crippen LogP contribution in [-0.2, 0) is 4.79 Å². The summed E-state index contributed by atoms with van der Waals surface area (Å²) < 4.78 is 0. The fraction of sp³-hybridized carbons (Fsp3) is 0.889. The molecule has 1 amide bonds. The average Bonchev–Trinajstić information content (AvgIpc) is 2.16. The molecular formula is C9H17NO2S. The zero-order chi connectivity index (χ0) is 9.68. The molecule has 76 valence electrons. The second kappa shape index (κ2) is 5.50. The Balaban J connectivity index is 2.12. The number of aliphatic hydroxyl groups excluding tert-OH is 1. The third-order valence-electron chi connectivity index (χ3n) is 2.55. The number of thiol groups is 1. The maximum atomic E-state index is 10.9. The van der Waals surface area contributed by atoms with Gasteiger partial charge in [0, 0.05) is 6.54 Å². The van der Waals surface area contributed by atoms with Gasteiger partial charge in [0.1, 0.15) is 0 Å². The Morgan fingerprint density at radius 2 is 2.00 bits per heavy atom. The Labute approximate surface area is 84.3 Å². The highest BCUT2D eigenvalue weighted by atomic mass is 32.1. The normalized spacial score (nSPS) is 28.5. The summed E-state index contributed by atoms with van der Waals surface area (Å²) in [6.07, 6.45) is 3.68. The van der Waals surface area contributed by atoms with E-state index in [9.17, 15) is 9.90 Å². The molecule has 0 unspecified atom stereocenters. The molecule has 1 saturated carbocycles. The largest absolute Gasteiger partial charge is 0.393 e. The fourth-order valence-corrected chi connectivity index (χ4v) is 1.77. The van der Waals surface area contributed by atoms with Crippen molar-refractivity contribution in [3.05, 3.63) is 0 Å². The molecule has 1 rings (SSSR count). The van der Waals surface area contributed by atoms with E-state index in [0.29, 0.717) is 5.92 Å². The van der Waals surface area contributed by atoms with Crippen molar-refractivity contribution >= 4 is 18.5 Å². The zero-order valence-electron chi connectivity index (χ0n) is 7.70. The first kappa shape index (κ1) is 10.9. The van der Waals surface area contributed by atoms with Crippen LogP contribution in [0.3, 0.4) is 0 Å². The lowest BCUT2D eigenvalue weighted by Gasteiger charge is -2.25. The molecule has 13 heavy (non-hydrogen) atoms. The molecule has 1 aliphatic carbocycles. The van der Waals surface area contributed by atoms with E-state index in [1.54, 1.807) is 0 Å². The monoisotopic (exact) mass is 203 g/mol. The third-order valence-corrected chi connectivity index (χ3v) is 2.84. The van der Waals surface area contributed by atoms with Crippen molar-refractivity contribution in [1.82, 2.24) is 5.32 Å². The van der Waals surface area contributed by atoms with Crippen molar-refractivity contribution in [2.75, 3.05) is 12.3 Å². The van der Waals surface area contributed by atoms with Crippen LogP contribution in [-0.4, -0.2) is 29.4 Å². The van der Waals surface area contributed by atoms with Crippen molar-refractivity contribution in [2.45, 2.75) is 31.8 Å². The summed E-state index contributed by atoms with van der Waals surface area (Å²) in [5, 5.41) is 12.1. The van der Waals surface area contributed by atoms with Gasteiger partial charge in [-0.25, -0.2) is 0 Å². The van der Waals surface area contributed by atoms with E-state index in [1.807, 2.05) is 0 Å². The molecule has 0 bridgehead atoms. The highest BCUT2D eigenvalue weighted by Crippen LogP contribution is 2.23. The van der Waals surface area contributed by atoms with Crippen molar-refractivity contribution in [2.24, 2.45) is 5.92 Å². The van der Waals surface area contributed by atoms with E-state index >= 15 is 0 Å². The minimum Gasteiger partial charge on any atom is -0.393 e. The first-order chi connectivity index (χ1) is 6.22. The topological polar surface area (TPSA) is 49.3 Å². The number of nitrogens with one attached hydrogen (secondary N) is 1. The van der Waals surface area contributed by atoms with Crippen LogP contribution in [0.25, 0.3) is 0 Å². The number of rotatable bonds is 3. The van der Waals surface area contributed by atoms with Crippen LogP contribution in [0.15, 0.2) is 0 Å². The Kier molecular flexibility index (Phi) is 4.59. The quantitative estimate of drug-likeness (QED) is 0.588. The van der Waals surface area contributed by atoms with Gasteiger partial charge in [0.05, 0.1) is 11.9 Å². The standard InChI is InChI=1S/C9H17NO2S/c11-8-3-1-7(2-4-8)5-10-9(12)6-13/h7-8,11,13H,1-6H2,(H,10,12). The van der Waals surface area contributed by atoms with E-state index in [-0.39, 0.29) is 17.8 Å². The van der Waals surface area contributed by atoms with Crippen LogP contribution >= 0.6 is 12.6 Å². The molecule has 0 heterocycles. The molecule has 2 N–H and O–H groups in total. The van der Waals surface area contributed by atoms with Crippen LogP contribution in [0.5, 0.6) is 0 Å². The van der Waals surface area contributed by atoms with E-state index in [0.717, 1.165) is 32.2 Å². The van der Waals surface area contributed by atoms with Gasteiger partial charge in [-0.15, -0.1) is 0 Å². The van der Waals surface area contributed by atoms with Gasteiger partial charge >= 0.3 is 0 Å². The number of carbonyl (C=O) groups excluding carboxylic acids is 1. The summed E-state index contributed by atoms with van der Waals surface area (Å²) in [5.74, 6) is 0.803. The Morgan fingerprint density at radius 3 is 2.54 bits per heavy atom. The summed E-state index contributed by atoms with van der Waals surface area (Å²) >= 11 is 3.88. The minimum absolute atomic E-state index is 0.00513. The number of carbonyl (C=O) groups is 1. The average molecular weight is 203 g/mol. The second-order valence-electron chi connectivity index (χ2n) is 3.64. The van der Waals surface area contributed by atoms with Crippen LogP contribution < -0.4 is 5.32 Å². The molecule has 0 aromatic carbocycles. The molecule has 0 saturated heterocycles. The lowest BCUT2D eigenvalue weighted by atomic mass is 9.87. The Hall–Kier alpha value is -0.220.